The number of nitrogens with zero attached hydrogens (tertiary/aromatic N) is 2. The first-order valence-corrected chi connectivity index (χ1v) is 9.53. The number of fused-ring (bicyclic) bond motifs is 1. The van der Waals surface area contributed by atoms with Gasteiger partial charge in [0.15, 0.2) is 0 Å². The largest absolute Gasteiger partial charge is 0.335 e. The maximum Gasteiger partial charge on any atom is 0.270 e. The summed E-state index contributed by atoms with van der Waals surface area (Å²) >= 11 is 1.71. The highest BCUT2D eigenvalue weighted by atomic mass is 32.1. The lowest BCUT2D eigenvalue weighted by molar-refractivity contribution is 0.0625. The summed E-state index contributed by atoms with van der Waals surface area (Å²) in [5, 5.41) is 2.10. The number of carbonyl (C=O) groups excluding carboxylic acids is 1. The first kappa shape index (κ1) is 15.5. The number of carbonyl (C=O) groups is 1. The minimum Gasteiger partial charge on any atom is -0.335 e. The lowest BCUT2D eigenvalue weighted by atomic mass is 10.0. The number of amides is 1. The van der Waals surface area contributed by atoms with Gasteiger partial charge in [-0.15, -0.1) is 11.3 Å². The topological polar surface area (TPSA) is 25.2 Å². The van der Waals surface area contributed by atoms with Crippen LogP contribution in [0.3, 0.4) is 0 Å². The molecule has 0 N–H and O–H groups in total. The third-order valence-corrected chi connectivity index (χ3v) is 5.84. The fourth-order valence-corrected chi connectivity index (χ4v) is 4.46. The van der Waals surface area contributed by atoms with Crippen molar-refractivity contribution in [2.45, 2.75) is 38.8 Å². The van der Waals surface area contributed by atoms with Crippen molar-refractivity contribution in [2.75, 3.05) is 6.54 Å². The SMILES string of the molecule is C[C@H]1CCCCN1C(=O)c1cc2sccc2n1Cc1ccccc1. The van der Waals surface area contributed by atoms with Crippen molar-refractivity contribution >= 4 is 27.5 Å². The summed E-state index contributed by atoms with van der Waals surface area (Å²) in [6, 6.07) is 14.9. The molecule has 1 amide bonds. The molecule has 1 aliphatic heterocycles. The molecular formula is C20H22N2OS. The number of rotatable bonds is 3. The molecule has 4 rings (SSSR count). The van der Waals surface area contributed by atoms with E-state index in [4.69, 9.17) is 0 Å². The molecule has 0 spiro atoms. The van der Waals surface area contributed by atoms with Crippen LogP contribution in [0.15, 0.2) is 47.8 Å². The van der Waals surface area contributed by atoms with Crippen LogP contribution < -0.4 is 0 Å². The molecule has 0 bridgehead atoms. The van der Waals surface area contributed by atoms with Gasteiger partial charge in [-0.1, -0.05) is 30.3 Å². The smallest absolute Gasteiger partial charge is 0.270 e. The van der Waals surface area contributed by atoms with Crippen LogP contribution in [0.1, 0.15) is 42.2 Å². The minimum atomic E-state index is 0.182. The average Bonchev–Trinajstić information content (AvgIpc) is 3.18. The fraction of sp³-hybridized carbons (Fsp3) is 0.350. The van der Waals surface area contributed by atoms with Crippen molar-refractivity contribution in [3.8, 4) is 0 Å². The summed E-state index contributed by atoms with van der Waals surface area (Å²) < 4.78 is 3.38. The maximum absolute atomic E-state index is 13.2. The van der Waals surface area contributed by atoms with Gasteiger partial charge in [0.25, 0.3) is 5.91 Å². The Labute approximate surface area is 146 Å². The number of hydrogen-bond acceptors (Lipinski definition) is 2. The van der Waals surface area contributed by atoms with Crippen molar-refractivity contribution in [3.05, 3.63) is 59.1 Å². The van der Waals surface area contributed by atoms with Crippen LogP contribution in [0, 0.1) is 0 Å². The molecule has 3 nitrogen and oxygen atoms in total. The Morgan fingerprint density at radius 1 is 1.21 bits per heavy atom. The van der Waals surface area contributed by atoms with Crippen LogP contribution in [-0.4, -0.2) is 28.0 Å². The van der Waals surface area contributed by atoms with Crippen LogP contribution in [0.5, 0.6) is 0 Å². The molecule has 1 aromatic carbocycles. The second kappa shape index (κ2) is 6.44. The first-order chi connectivity index (χ1) is 11.7. The Hall–Kier alpha value is -2.07. The summed E-state index contributed by atoms with van der Waals surface area (Å²) in [5.74, 6) is 0.182. The number of thiophene rings is 1. The van der Waals surface area contributed by atoms with Crippen molar-refractivity contribution in [1.29, 1.82) is 0 Å². The van der Waals surface area contributed by atoms with Crippen LogP contribution in [0.2, 0.25) is 0 Å². The Kier molecular flexibility index (Phi) is 4.15. The van der Waals surface area contributed by atoms with E-state index < -0.39 is 0 Å². The van der Waals surface area contributed by atoms with Crippen molar-refractivity contribution in [1.82, 2.24) is 9.47 Å². The average molecular weight is 338 g/mol. The molecule has 0 radical (unpaired) electrons. The molecule has 0 aliphatic carbocycles. The van der Waals surface area contributed by atoms with E-state index in [1.165, 1.54) is 16.7 Å². The zero-order chi connectivity index (χ0) is 16.5. The predicted molar refractivity (Wildman–Crippen MR) is 99.7 cm³/mol. The molecule has 1 atom stereocenters. The molecule has 3 aromatic rings. The molecule has 4 heteroatoms. The quantitative estimate of drug-likeness (QED) is 0.675. The molecule has 0 unspecified atom stereocenters. The number of hydrogen-bond donors (Lipinski definition) is 0. The number of likely N-dealkylation sites (tertiary alicyclic amines) is 1. The highest BCUT2D eigenvalue weighted by Crippen LogP contribution is 2.28. The van der Waals surface area contributed by atoms with Gasteiger partial charge < -0.3 is 9.47 Å². The number of benzene rings is 1. The van der Waals surface area contributed by atoms with Gasteiger partial charge in [-0.3, -0.25) is 4.79 Å². The molecule has 1 aliphatic rings. The highest BCUT2D eigenvalue weighted by molar-refractivity contribution is 7.17. The molecule has 3 heterocycles. The van der Waals surface area contributed by atoms with E-state index in [0.717, 1.165) is 37.1 Å². The fourth-order valence-electron chi connectivity index (χ4n) is 3.64. The Balaban J connectivity index is 1.73. The Bertz CT molecular complexity index is 849. The summed E-state index contributed by atoms with van der Waals surface area (Å²) in [7, 11) is 0. The van der Waals surface area contributed by atoms with Crippen LogP contribution in [0.4, 0.5) is 0 Å². The van der Waals surface area contributed by atoms with Crippen LogP contribution >= 0.6 is 11.3 Å². The molecule has 124 valence electrons. The molecular weight excluding hydrogens is 316 g/mol. The van der Waals surface area contributed by atoms with E-state index in [2.05, 4.69) is 58.2 Å². The number of aromatic nitrogens is 1. The third-order valence-electron chi connectivity index (χ3n) is 4.99. The van der Waals surface area contributed by atoms with Gasteiger partial charge in [-0.25, -0.2) is 0 Å². The van der Waals surface area contributed by atoms with Gasteiger partial charge >= 0.3 is 0 Å². The second-order valence-electron chi connectivity index (χ2n) is 6.61. The number of piperidine rings is 1. The summed E-state index contributed by atoms with van der Waals surface area (Å²) in [6.07, 6.45) is 3.45. The summed E-state index contributed by atoms with van der Waals surface area (Å²) in [5.41, 5.74) is 3.22. The maximum atomic E-state index is 13.2. The van der Waals surface area contributed by atoms with Crippen molar-refractivity contribution in [2.24, 2.45) is 0 Å². The van der Waals surface area contributed by atoms with Gasteiger partial charge in [0, 0.05) is 19.1 Å². The van der Waals surface area contributed by atoms with Gasteiger partial charge in [0.1, 0.15) is 5.69 Å². The second-order valence-corrected chi connectivity index (χ2v) is 7.56. The van der Waals surface area contributed by atoms with Gasteiger partial charge in [-0.05, 0) is 49.3 Å². The molecule has 24 heavy (non-hydrogen) atoms. The Morgan fingerprint density at radius 3 is 2.83 bits per heavy atom. The molecule has 2 aromatic heterocycles. The lowest BCUT2D eigenvalue weighted by Gasteiger charge is -2.33. The van der Waals surface area contributed by atoms with Crippen molar-refractivity contribution < 1.29 is 4.79 Å². The molecule has 1 fully saturated rings. The van der Waals surface area contributed by atoms with E-state index in [1.54, 1.807) is 11.3 Å². The molecule has 1 saturated heterocycles. The Morgan fingerprint density at radius 2 is 2.04 bits per heavy atom. The van der Waals surface area contributed by atoms with Crippen LogP contribution in [-0.2, 0) is 6.54 Å². The van der Waals surface area contributed by atoms with E-state index >= 15 is 0 Å². The van der Waals surface area contributed by atoms with Crippen LogP contribution in [0.25, 0.3) is 10.2 Å². The zero-order valence-corrected chi connectivity index (χ0v) is 14.8. The monoisotopic (exact) mass is 338 g/mol. The lowest BCUT2D eigenvalue weighted by Crippen LogP contribution is -2.42. The van der Waals surface area contributed by atoms with E-state index in [-0.39, 0.29) is 5.91 Å². The summed E-state index contributed by atoms with van der Waals surface area (Å²) in [4.78, 5) is 15.3. The van der Waals surface area contributed by atoms with Gasteiger partial charge in [-0.2, -0.15) is 0 Å². The van der Waals surface area contributed by atoms with Gasteiger partial charge in [0.05, 0.1) is 10.2 Å². The van der Waals surface area contributed by atoms with E-state index in [9.17, 15) is 4.79 Å². The first-order valence-electron chi connectivity index (χ1n) is 8.65. The summed E-state index contributed by atoms with van der Waals surface area (Å²) in [6.45, 7) is 3.79. The third kappa shape index (κ3) is 2.75. The van der Waals surface area contributed by atoms with E-state index in [1.807, 2.05) is 6.07 Å². The zero-order valence-electron chi connectivity index (χ0n) is 13.9. The van der Waals surface area contributed by atoms with E-state index in [0.29, 0.717) is 6.04 Å². The molecule has 0 saturated carbocycles. The van der Waals surface area contributed by atoms with Gasteiger partial charge in [0.2, 0.25) is 0 Å². The van der Waals surface area contributed by atoms with Crippen molar-refractivity contribution in [3.63, 3.8) is 0 Å². The predicted octanol–water partition coefficient (Wildman–Crippen LogP) is 4.77. The minimum absolute atomic E-state index is 0.182. The standard InChI is InChI=1S/C20H22N2OS/c1-15-7-5-6-11-21(15)20(23)18-13-19-17(10-12-24-19)22(18)14-16-8-3-2-4-9-16/h2-4,8-10,12-13,15H,5-7,11,14H2,1H3/t15-/m0/s1. The normalized spacial score (nSPS) is 18.2. The highest BCUT2D eigenvalue weighted by Gasteiger charge is 2.27.